The Kier molecular flexibility index (Phi) is 4.67. The van der Waals surface area contributed by atoms with Gasteiger partial charge in [-0.3, -0.25) is 4.79 Å². The summed E-state index contributed by atoms with van der Waals surface area (Å²) < 4.78 is 28.8. The van der Waals surface area contributed by atoms with Gasteiger partial charge in [0.15, 0.2) is 5.76 Å². The highest BCUT2D eigenvalue weighted by atomic mass is 32.2. The van der Waals surface area contributed by atoms with Crippen molar-refractivity contribution in [2.75, 3.05) is 19.3 Å². The van der Waals surface area contributed by atoms with E-state index in [9.17, 15) is 13.2 Å². The minimum Gasteiger partial charge on any atom is -0.455 e. The van der Waals surface area contributed by atoms with Gasteiger partial charge >= 0.3 is 0 Å². The third-order valence-corrected chi connectivity index (χ3v) is 2.59. The third kappa shape index (κ3) is 4.98. The van der Waals surface area contributed by atoms with E-state index in [1.165, 1.54) is 6.07 Å². The molecule has 1 amide bonds. The molecule has 0 aliphatic rings. The van der Waals surface area contributed by atoms with Gasteiger partial charge in [0.05, 0.1) is 12.8 Å². The first kappa shape index (κ1) is 13.7. The van der Waals surface area contributed by atoms with Crippen LogP contribution in [0.1, 0.15) is 16.3 Å². The van der Waals surface area contributed by atoms with Crippen LogP contribution in [0.4, 0.5) is 0 Å². The number of hydrogen-bond acceptors (Lipinski definition) is 5. The fraction of sp³-hybridized carbons (Fsp3) is 0.444. The van der Waals surface area contributed by atoms with Crippen LogP contribution in [-0.4, -0.2) is 33.7 Å². The van der Waals surface area contributed by atoms with Gasteiger partial charge in [-0.15, -0.1) is 0 Å². The molecular formula is C9H15N3O4S. The van der Waals surface area contributed by atoms with Crippen LogP contribution in [0.15, 0.2) is 16.5 Å². The number of hydrogen-bond donors (Lipinski definition) is 3. The summed E-state index contributed by atoms with van der Waals surface area (Å²) in [6.45, 7) is 0.544. The first-order chi connectivity index (χ1) is 7.92. The normalized spacial score (nSPS) is 11.4. The largest absolute Gasteiger partial charge is 0.455 e. The maximum atomic E-state index is 11.5. The number of sulfonamides is 1. The summed E-state index contributed by atoms with van der Waals surface area (Å²) in [5.41, 5.74) is 5.33. The van der Waals surface area contributed by atoms with Gasteiger partial charge in [-0.25, -0.2) is 13.1 Å². The zero-order chi connectivity index (χ0) is 12.9. The maximum absolute atomic E-state index is 11.5. The molecule has 0 spiro atoms. The van der Waals surface area contributed by atoms with E-state index in [2.05, 4.69) is 10.0 Å². The third-order valence-electron chi connectivity index (χ3n) is 1.86. The van der Waals surface area contributed by atoms with Crippen LogP contribution in [0, 0.1) is 0 Å². The summed E-state index contributed by atoms with van der Waals surface area (Å²) in [5.74, 6) is 0.272. The fourth-order valence-corrected chi connectivity index (χ4v) is 1.58. The molecule has 0 radical (unpaired) electrons. The molecule has 1 rings (SSSR count). The lowest BCUT2D eigenvalue weighted by Crippen LogP contribution is -2.34. The van der Waals surface area contributed by atoms with Crippen LogP contribution >= 0.6 is 0 Å². The van der Waals surface area contributed by atoms with Crippen molar-refractivity contribution in [3.63, 3.8) is 0 Å². The molecule has 0 saturated heterocycles. The van der Waals surface area contributed by atoms with Crippen molar-refractivity contribution < 1.29 is 17.6 Å². The lowest BCUT2D eigenvalue weighted by atomic mass is 10.4. The van der Waals surface area contributed by atoms with Crippen LogP contribution in [0.5, 0.6) is 0 Å². The van der Waals surface area contributed by atoms with Crippen molar-refractivity contribution in [3.05, 3.63) is 23.7 Å². The number of carbonyl (C=O) groups excluding carboxylic acids is 1. The number of carbonyl (C=O) groups is 1. The van der Waals surface area contributed by atoms with E-state index in [-0.39, 0.29) is 25.4 Å². The van der Waals surface area contributed by atoms with Gasteiger partial charge in [0.2, 0.25) is 10.0 Å². The summed E-state index contributed by atoms with van der Waals surface area (Å²) >= 11 is 0. The molecule has 0 bridgehead atoms. The molecule has 96 valence electrons. The second-order valence-corrected chi connectivity index (χ2v) is 5.23. The Labute approximate surface area is 99.4 Å². The van der Waals surface area contributed by atoms with Gasteiger partial charge in [0.25, 0.3) is 5.91 Å². The first-order valence-electron chi connectivity index (χ1n) is 4.94. The highest BCUT2D eigenvalue weighted by Crippen LogP contribution is 2.06. The molecule has 0 aromatic carbocycles. The predicted molar refractivity (Wildman–Crippen MR) is 61.8 cm³/mol. The molecule has 0 fully saturated rings. The molecule has 1 heterocycles. The first-order valence-corrected chi connectivity index (χ1v) is 6.83. The summed E-state index contributed by atoms with van der Waals surface area (Å²) in [7, 11) is -3.23. The van der Waals surface area contributed by atoms with Gasteiger partial charge in [0, 0.05) is 13.1 Å². The molecule has 1 aromatic rings. The molecule has 8 heteroatoms. The number of rotatable bonds is 6. The zero-order valence-electron chi connectivity index (χ0n) is 9.39. The van der Waals surface area contributed by atoms with Gasteiger partial charge < -0.3 is 15.5 Å². The summed E-state index contributed by atoms with van der Waals surface area (Å²) in [4.78, 5) is 11.5. The van der Waals surface area contributed by atoms with Crippen LogP contribution < -0.4 is 15.8 Å². The van der Waals surface area contributed by atoms with Crippen LogP contribution in [-0.2, 0) is 16.6 Å². The van der Waals surface area contributed by atoms with Crippen molar-refractivity contribution in [2.24, 2.45) is 5.73 Å². The standard InChI is InChI=1S/C9H15N3O4S/c1-17(14,15)12-5-4-11-9(13)8-3-2-7(6-10)16-8/h2-3,12H,4-6,10H2,1H3,(H,11,13). The van der Waals surface area contributed by atoms with Gasteiger partial charge in [0.1, 0.15) is 5.76 Å². The van der Waals surface area contributed by atoms with Crippen LogP contribution in [0.3, 0.4) is 0 Å². The van der Waals surface area contributed by atoms with Gasteiger partial charge in [-0.05, 0) is 12.1 Å². The molecule has 0 saturated carbocycles. The molecule has 1 aromatic heterocycles. The molecule has 4 N–H and O–H groups in total. The van der Waals surface area contributed by atoms with E-state index >= 15 is 0 Å². The second-order valence-electron chi connectivity index (χ2n) is 3.39. The van der Waals surface area contributed by atoms with Crippen molar-refractivity contribution in [3.8, 4) is 0 Å². The average molecular weight is 261 g/mol. The Morgan fingerprint density at radius 3 is 2.65 bits per heavy atom. The summed E-state index contributed by atoms with van der Waals surface area (Å²) in [5, 5.41) is 2.51. The number of nitrogens with one attached hydrogen (secondary N) is 2. The Bertz CT molecular complexity index is 480. The molecule has 17 heavy (non-hydrogen) atoms. The molecular weight excluding hydrogens is 246 g/mol. The second kappa shape index (κ2) is 5.80. The van der Waals surface area contributed by atoms with Gasteiger partial charge in [-0.1, -0.05) is 0 Å². The van der Waals surface area contributed by atoms with E-state index in [0.717, 1.165) is 6.26 Å². The zero-order valence-corrected chi connectivity index (χ0v) is 10.2. The molecule has 0 atom stereocenters. The van der Waals surface area contributed by atoms with E-state index in [0.29, 0.717) is 5.76 Å². The summed E-state index contributed by atoms with van der Waals surface area (Å²) in [6.07, 6.45) is 1.05. The molecule has 0 aliphatic carbocycles. The van der Waals surface area contributed by atoms with Crippen LogP contribution in [0.2, 0.25) is 0 Å². The number of furan rings is 1. The van der Waals surface area contributed by atoms with Crippen LogP contribution in [0.25, 0.3) is 0 Å². The number of amides is 1. The monoisotopic (exact) mass is 261 g/mol. The highest BCUT2D eigenvalue weighted by molar-refractivity contribution is 7.88. The SMILES string of the molecule is CS(=O)(=O)NCCNC(=O)c1ccc(CN)o1. The Balaban J connectivity index is 2.35. The van der Waals surface area contributed by atoms with Crippen molar-refractivity contribution >= 4 is 15.9 Å². The summed E-state index contributed by atoms with van der Waals surface area (Å²) in [6, 6.07) is 3.13. The molecule has 0 unspecified atom stereocenters. The average Bonchev–Trinajstić information content (AvgIpc) is 2.71. The molecule has 7 nitrogen and oxygen atoms in total. The van der Waals surface area contributed by atoms with Crippen molar-refractivity contribution in [1.29, 1.82) is 0 Å². The molecule has 0 aliphatic heterocycles. The minimum atomic E-state index is -3.23. The van der Waals surface area contributed by atoms with E-state index in [4.69, 9.17) is 10.2 Å². The highest BCUT2D eigenvalue weighted by Gasteiger charge is 2.10. The predicted octanol–water partition coefficient (Wildman–Crippen LogP) is -0.983. The Morgan fingerprint density at radius 1 is 1.41 bits per heavy atom. The smallest absolute Gasteiger partial charge is 0.287 e. The topological polar surface area (TPSA) is 114 Å². The Morgan fingerprint density at radius 2 is 2.12 bits per heavy atom. The maximum Gasteiger partial charge on any atom is 0.287 e. The van der Waals surface area contributed by atoms with Gasteiger partial charge in [-0.2, -0.15) is 0 Å². The Hall–Kier alpha value is -1.38. The quantitative estimate of drug-likeness (QED) is 0.569. The lowest BCUT2D eigenvalue weighted by molar-refractivity contribution is 0.0925. The van der Waals surface area contributed by atoms with Crippen molar-refractivity contribution in [2.45, 2.75) is 6.54 Å². The minimum absolute atomic E-state index is 0.134. The lowest BCUT2D eigenvalue weighted by Gasteiger charge is -2.03. The van der Waals surface area contributed by atoms with E-state index < -0.39 is 15.9 Å². The fourth-order valence-electron chi connectivity index (χ4n) is 1.11. The number of nitrogens with two attached hydrogens (primary N) is 1. The van der Waals surface area contributed by atoms with E-state index in [1.807, 2.05) is 0 Å². The van der Waals surface area contributed by atoms with Crippen molar-refractivity contribution in [1.82, 2.24) is 10.0 Å². The van der Waals surface area contributed by atoms with E-state index in [1.54, 1.807) is 6.07 Å².